The number of carbonyl (C=O) groups excluding carboxylic acids is 1. The quantitative estimate of drug-likeness (QED) is 0.647. The van der Waals surface area contributed by atoms with Crippen molar-refractivity contribution in [2.45, 2.75) is 50.2 Å². The van der Waals surface area contributed by atoms with E-state index in [1.165, 1.54) is 0 Å². The first kappa shape index (κ1) is 21.4. The first-order valence-electron chi connectivity index (χ1n) is 9.35. The molecule has 0 unspecified atom stereocenters. The summed E-state index contributed by atoms with van der Waals surface area (Å²) < 4.78 is 44.9. The average molecular weight is 425 g/mol. The molecule has 10 heteroatoms. The summed E-state index contributed by atoms with van der Waals surface area (Å²) in [7, 11) is -4.03. The van der Waals surface area contributed by atoms with Gasteiger partial charge in [0.25, 0.3) is 0 Å². The fourth-order valence-corrected chi connectivity index (χ4v) is 5.12. The number of aliphatic hydroxyl groups is 1. The van der Waals surface area contributed by atoms with Gasteiger partial charge in [0.15, 0.2) is 0 Å². The van der Waals surface area contributed by atoms with Crippen LogP contribution in [0.4, 0.5) is 4.39 Å². The number of nitrogens with one attached hydrogen (secondary N) is 1. The molecular weight excluding hydrogens is 401 g/mol. The van der Waals surface area contributed by atoms with Crippen LogP contribution in [0.25, 0.3) is 0 Å². The second-order valence-corrected chi connectivity index (χ2v) is 9.02. The minimum atomic E-state index is -4.03. The molecule has 2 N–H and O–H groups in total. The number of aliphatic hydroxyl groups excluding tert-OH is 1. The second kappa shape index (κ2) is 8.60. The lowest BCUT2D eigenvalue weighted by molar-refractivity contribution is -0.124. The molecule has 2 aromatic rings. The molecule has 2 heterocycles. The highest BCUT2D eigenvalue weighted by molar-refractivity contribution is 7.89. The number of hydrogen-bond donors (Lipinski definition) is 2. The largest absolute Gasteiger partial charge is 0.392 e. The highest BCUT2D eigenvalue weighted by Gasteiger charge is 2.43. The van der Waals surface area contributed by atoms with E-state index >= 15 is 0 Å². The average Bonchev–Trinajstić information content (AvgIpc) is 3.22. The van der Waals surface area contributed by atoms with Gasteiger partial charge < -0.3 is 14.9 Å². The molecule has 3 rings (SSSR count). The van der Waals surface area contributed by atoms with Gasteiger partial charge in [0, 0.05) is 25.1 Å². The summed E-state index contributed by atoms with van der Waals surface area (Å²) in [6.07, 6.45) is 0.375. The number of amides is 1. The molecule has 0 bridgehead atoms. The van der Waals surface area contributed by atoms with Crippen LogP contribution < -0.4 is 5.32 Å². The van der Waals surface area contributed by atoms with Crippen LogP contribution >= 0.6 is 0 Å². The molecule has 29 heavy (non-hydrogen) atoms. The third kappa shape index (κ3) is 4.65. The summed E-state index contributed by atoms with van der Waals surface area (Å²) >= 11 is 0. The van der Waals surface area contributed by atoms with E-state index in [4.69, 9.17) is 4.52 Å². The predicted molar refractivity (Wildman–Crippen MR) is 102 cm³/mol. The van der Waals surface area contributed by atoms with E-state index in [0.717, 1.165) is 45.6 Å². The number of halogens is 1. The van der Waals surface area contributed by atoms with E-state index in [-0.39, 0.29) is 17.9 Å². The van der Waals surface area contributed by atoms with Gasteiger partial charge in [-0.1, -0.05) is 5.16 Å². The van der Waals surface area contributed by atoms with Crippen molar-refractivity contribution in [2.24, 2.45) is 0 Å². The SMILES string of the molecule is Cc1noc(C)c1CCCNC(=O)[C@@H]1C[C@@H](O)CN1S(=O)(=O)c1ccc(F)cc1. The number of hydrogen-bond acceptors (Lipinski definition) is 6. The first-order valence-corrected chi connectivity index (χ1v) is 10.8. The summed E-state index contributed by atoms with van der Waals surface area (Å²) in [5, 5.41) is 16.6. The van der Waals surface area contributed by atoms with Crippen LogP contribution in [0.15, 0.2) is 33.7 Å². The molecule has 0 radical (unpaired) electrons. The Bertz CT molecular complexity index is 955. The van der Waals surface area contributed by atoms with E-state index in [1.54, 1.807) is 0 Å². The number of aryl methyl sites for hydroxylation is 2. The Kier molecular flexibility index (Phi) is 6.35. The van der Waals surface area contributed by atoms with Crippen LogP contribution in [0.5, 0.6) is 0 Å². The number of sulfonamides is 1. The van der Waals surface area contributed by atoms with Crippen molar-refractivity contribution in [1.29, 1.82) is 0 Å². The summed E-state index contributed by atoms with van der Waals surface area (Å²) in [6, 6.07) is 3.37. The number of rotatable bonds is 7. The Balaban J connectivity index is 1.63. The molecule has 158 valence electrons. The Morgan fingerprint density at radius 2 is 2.03 bits per heavy atom. The number of β-amino-alcohol motifs (C(OH)–C–C–N with tert-alkyl or cyclic N) is 1. The molecule has 2 atom stereocenters. The maximum Gasteiger partial charge on any atom is 0.243 e. The van der Waals surface area contributed by atoms with Crippen molar-refractivity contribution in [3.8, 4) is 0 Å². The normalized spacial score (nSPS) is 20.1. The van der Waals surface area contributed by atoms with E-state index in [2.05, 4.69) is 10.5 Å². The highest BCUT2D eigenvalue weighted by Crippen LogP contribution is 2.26. The van der Waals surface area contributed by atoms with E-state index in [9.17, 15) is 22.7 Å². The molecule has 0 spiro atoms. The molecule has 1 fully saturated rings. The lowest BCUT2D eigenvalue weighted by atomic mass is 10.1. The third-order valence-corrected chi connectivity index (χ3v) is 6.93. The fourth-order valence-electron chi connectivity index (χ4n) is 3.48. The standard InChI is InChI=1S/C19H24FN3O5S/c1-12-17(13(2)28-22-12)4-3-9-21-19(25)18-10-15(24)11-23(18)29(26,27)16-7-5-14(20)6-8-16/h5-8,15,18,24H,3-4,9-11H2,1-2H3,(H,21,25)/t15-,18+/m1/s1. The minimum Gasteiger partial charge on any atom is -0.392 e. The predicted octanol–water partition coefficient (Wildman–Crippen LogP) is 1.30. The van der Waals surface area contributed by atoms with Crippen LogP contribution in [0.1, 0.15) is 29.9 Å². The topological polar surface area (TPSA) is 113 Å². The molecule has 1 saturated heterocycles. The monoisotopic (exact) mass is 425 g/mol. The van der Waals surface area contributed by atoms with Crippen LogP contribution in [-0.2, 0) is 21.2 Å². The minimum absolute atomic E-state index is 0.0100. The fraction of sp³-hybridized carbons (Fsp3) is 0.474. The Hall–Kier alpha value is -2.30. The number of aromatic nitrogens is 1. The molecule has 1 amide bonds. The van der Waals surface area contributed by atoms with Crippen molar-refractivity contribution in [3.05, 3.63) is 47.1 Å². The molecule has 8 nitrogen and oxygen atoms in total. The smallest absolute Gasteiger partial charge is 0.243 e. The molecule has 1 aliphatic heterocycles. The lowest BCUT2D eigenvalue weighted by Crippen LogP contribution is -2.46. The zero-order valence-electron chi connectivity index (χ0n) is 16.3. The first-order chi connectivity index (χ1) is 13.7. The van der Waals surface area contributed by atoms with E-state index < -0.39 is 33.9 Å². The van der Waals surface area contributed by atoms with Crippen LogP contribution in [0, 0.1) is 19.7 Å². The van der Waals surface area contributed by atoms with Crippen molar-refractivity contribution in [3.63, 3.8) is 0 Å². The summed E-state index contributed by atoms with van der Waals surface area (Å²) in [6.45, 7) is 3.84. The number of carbonyl (C=O) groups is 1. The van der Waals surface area contributed by atoms with Crippen molar-refractivity contribution in [2.75, 3.05) is 13.1 Å². The zero-order chi connectivity index (χ0) is 21.2. The number of benzene rings is 1. The van der Waals surface area contributed by atoms with Crippen LogP contribution in [-0.4, -0.2) is 54.1 Å². The number of nitrogens with zero attached hydrogens (tertiary/aromatic N) is 2. The third-order valence-electron chi connectivity index (χ3n) is 5.04. The lowest BCUT2D eigenvalue weighted by Gasteiger charge is -2.23. The molecule has 1 aromatic carbocycles. The Labute approximate surface area is 168 Å². The van der Waals surface area contributed by atoms with Gasteiger partial charge in [0.05, 0.1) is 16.7 Å². The summed E-state index contributed by atoms with van der Waals surface area (Å²) in [5.74, 6) is -0.284. The van der Waals surface area contributed by atoms with Gasteiger partial charge in [-0.25, -0.2) is 12.8 Å². The van der Waals surface area contributed by atoms with Gasteiger partial charge in [-0.2, -0.15) is 4.31 Å². The van der Waals surface area contributed by atoms with Gasteiger partial charge in [-0.3, -0.25) is 4.79 Å². The Morgan fingerprint density at radius 1 is 1.34 bits per heavy atom. The Morgan fingerprint density at radius 3 is 2.66 bits per heavy atom. The van der Waals surface area contributed by atoms with Crippen molar-refractivity contribution >= 4 is 15.9 Å². The molecular formula is C19H24FN3O5S. The van der Waals surface area contributed by atoms with Crippen molar-refractivity contribution in [1.82, 2.24) is 14.8 Å². The van der Waals surface area contributed by atoms with E-state index in [0.29, 0.717) is 19.4 Å². The van der Waals surface area contributed by atoms with Gasteiger partial charge in [0.2, 0.25) is 15.9 Å². The molecule has 0 aliphatic carbocycles. The van der Waals surface area contributed by atoms with Gasteiger partial charge in [-0.15, -0.1) is 0 Å². The highest BCUT2D eigenvalue weighted by atomic mass is 32.2. The molecule has 1 aliphatic rings. The second-order valence-electron chi connectivity index (χ2n) is 7.13. The summed E-state index contributed by atoms with van der Waals surface area (Å²) in [4.78, 5) is 12.5. The molecule has 0 saturated carbocycles. The van der Waals surface area contributed by atoms with Crippen LogP contribution in [0.2, 0.25) is 0 Å². The maximum atomic E-state index is 13.1. The van der Waals surface area contributed by atoms with Crippen LogP contribution in [0.3, 0.4) is 0 Å². The van der Waals surface area contributed by atoms with Crippen molar-refractivity contribution < 1.29 is 27.2 Å². The zero-order valence-corrected chi connectivity index (χ0v) is 17.1. The maximum absolute atomic E-state index is 13.1. The van der Waals surface area contributed by atoms with Gasteiger partial charge in [-0.05, 0) is 51.0 Å². The molecule has 1 aromatic heterocycles. The van der Waals surface area contributed by atoms with Gasteiger partial charge in [0.1, 0.15) is 17.6 Å². The van der Waals surface area contributed by atoms with Gasteiger partial charge >= 0.3 is 0 Å². The van der Waals surface area contributed by atoms with E-state index in [1.807, 2.05) is 13.8 Å². The summed E-state index contributed by atoms with van der Waals surface area (Å²) in [5.41, 5.74) is 1.81.